The Morgan fingerprint density at radius 1 is 1.21 bits per heavy atom. The highest BCUT2D eigenvalue weighted by molar-refractivity contribution is 5.96. The van der Waals surface area contributed by atoms with Gasteiger partial charge in [0.25, 0.3) is 5.91 Å². The Labute approximate surface area is 148 Å². The molecule has 1 aromatic carbocycles. The van der Waals surface area contributed by atoms with Gasteiger partial charge in [-0.15, -0.1) is 12.4 Å². The van der Waals surface area contributed by atoms with Gasteiger partial charge in [-0.05, 0) is 62.9 Å². The maximum atomic E-state index is 12.3. The number of benzene rings is 1. The molecule has 1 aliphatic carbocycles. The van der Waals surface area contributed by atoms with E-state index in [9.17, 15) is 9.59 Å². The van der Waals surface area contributed by atoms with E-state index in [1.165, 1.54) is 0 Å². The number of anilines is 1. The largest absolute Gasteiger partial charge is 0.352 e. The van der Waals surface area contributed by atoms with Crippen molar-refractivity contribution in [1.29, 1.82) is 0 Å². The molecule has 4 N–H and O–H groups in total. The molecule has 1 saturated heterocycles. The standard InChI is InChI=1S/C17H24N4O2.ClH/c22-16(19-11-12-3-2-8-18-10-12)13-4-1-5-15(9-13)21-17(23)20-14-6-7-14;/h1,4-5,9,12,14,18H,2-3,6-8,10-11H2,(H,19,22)(H2,20,21,23);1H. The third kappa shape index (κ3) is 5.69. The predicted molar refractivity (Wildman–Crippen MR) is 96.8 cm³/mol. The molecular weight excluding hydrogens is 328 g/mol. The molecule has 132 valence electrons. The summed E-state index contributed by atoms with van der Waals surface area (Å²) in [6, 6.07) is 7.14. The summed E-state index contributed by atoms with van der Waals surface area (Å²) in [4.78, 5) is 24.0. The van der Waals surface area contributed by atoms with Gasteiger partial charge in [-0.25, -0.2) is 4.79 Å². The van der Waals surface area contributed by atoms with E-state index >= 15 is 0 Å². The lowest BCUT2D eigenvalue weighted by Crippen LogP contribution is -2.38. The van der Waals surface area contributed by atoms with Gasteiger partial charge in [-0.3, -0.25) is 4.79 Å². The molecule has 0 spiro atoms. The molecule has 7 heteroatoms. The van der Waals surface area contributed by atoms with E-state index in [4.69, 9.17) is 0 Å². The number of rotatable bonds is 5. The van der Waals surface area contributed by atoms with Crippen molar-refractivity contribution in [3.63, 3.8) is 0 Å². The SMILES string of the molecule is Cl.O=C(Nc1cccc(C(=O)NCC2CCCNC2)c1)NC1CC1. The van der Waals surface area contributed by atoms with E-state index in [2.05, 4.69) is 21.3 Å². The van der Waals surface area contributed by atoms with Crippen LogP contribution in [-0.2, 0) is 0 Å². The number of carbonyl (C=O) groups is 2. The topological polar surface area (TPSA) is 82.3 Å². The fourth-order valence-electron chi connectivity index (χ4n) is 2.76. The number of piperidine rings is 1. The Kier molecular flexibility index (Phi) is 6.87. The fourth-order valence-corrected chi connectivity index (χ4v) is 2.76. The van der Waals surface area contributed by atoms with Crippen LogP contribution in [-0.4, -0.2) is 37.6 Å². The van der Waals surface area contributed by atoms with Gasteiger partial charge in [-0.1, -0.05) is 6.07 Å². The molecule has 3 amide bonds. The van der Waals surface area contributed by atoms with Gasteiger partial charge in [-0.2, -0.15) is 0 Å². The van der Waals surface area contributed by atoms with Crippen LogP contribution in [0.15, 0.2) is 24.3 Å². The van der Waals surface area contributed by atoms with Crippen LogP contribution in [0.3, 0.4) is 0 Å². The lowest BCUT2D eigenvalue weighted by atomic mass is 9.99. The lowest BCUT2D eigenvalue weighted by molar-refractivity contribution is 0.0945. The van der Waals surface area contributed by atoms with Crippen LogP contribution in [0.5, 0.6) is 0 Å². The molecule has 3 rings (SSSR count). The molecule has 1 aromatic rings. The minimum atomic E-state index is -0.210. The van der Waals surface area contributed by atoms with E-state index in [0.29, 0.717) is 29.8 Å². The van der Waals surface area contributed by atoms with Gasteiger partial charge in [0, 0.05) is 23.8 Å². The average molecular weight is 353 g/mol. The van der Waals surface area contributed by atoms with Gasteiger partial charge in [0.1, 0.15) is 0 Å². The van der Waals surface area contributed by atoms with Crippen molar-refractivity contribution in [3.8, 4) is 0 Å². The van der Waals surface area contributed by atoms with E-state index < -0.39 is 0 Å². The van der Waals surface area contributed by atoms with Crippen LogP contribution >= 0.6 is 12.4 Å². The monoisotopic (exact) mass is 352 g/mol. The van der Waals surface area contributed by atoms with Crippen molar-refractivity contribution >= 4 is 30.0 Å². The second-order valence-electron chi connectivity index (χ2n) is 6.38. The maximum absolute atomic E-state index is 12.3. The summed E-state index contributed by atoms with van der Waals surface area (Å²) < 4.78 is 0. The van der Waals surface area contributed by atoms with Crippen LogP contribution in [0, 0.1) is 5.92 Å². The van der Waals surface area contributed by atoms with Gasteiger partial charge in [0.05, 0.1) is 0 Å². The zero-order valence-corrected chi connectivity index (χ0v) is 14.5. The van der Waals surface area contributed by atoms with Crippen molar-refractivity contribution in [1.82, 2.24) is 16.0 Å². The van der Waals surface area contributed by atoms with Crippen LogP contribution in [0.25, 0.3) is 0 Å². The predicted octanol–water partition coefficient (Wildman–Crippen LogP) is 2.12. The van der Waals surface area contributed by atoms with E-state index in [1.54, 1.807) is 24.3 Å². The summed E-state index contributed by atoms with van der Waals surface area (Å²) in [6.45, 7) is 2.72. The number of hydrogen-bond acceptors (Lipinski definition) is 3. The highest BCUT2D eigenvalue weighted by Gasteiger charge is 2.23. The quantitative estimate of drug-likeness (QED) is 0.655. The first kappa shape index (κ1) is 18.5. The first-order valence-electron chi connectivity index (χ1n) is 8.37. The number of urea groups is 1. The van der Waals surface area contributed by atoms with E-state index in [0.717, 1.165) is 38.8 Å². The summed E-state index contributed by atoms with van der Waals surface area (Å²) in [7, 11) is 0. The summed E-state index contributed by atoms with van der Waals surface area (Å²) in [5.74, 6) is 0.403. The molecule has 1 saturated carbocycles. The second kappa shape index (κ2) is 8.89. The lowest BCUT2D eigenvalue weighted by Gasteiger charge is -2.22. The Morgan fingerprint density at radius 3 is 2.75 bits per heavy atom. The highest BCUT2D eigenvalue weighted by Crippen LogP contribution is 2.19. The number of amides is 3. The molecule has 24 heavy (non-hydrogen) atoms. The van der Waals surface area contributed by atoms with E-state index in [1.807, 2.05) is 0 Å². The van der Waals surface area contributed by atoms with Crippen LogP contribution < -0.4 is 21.3 Å². The molecule has 0 aromatic heterocycles. The Bertz CT molecular complexity index is 571. The minimum Gasteiger partial charge on any atom is -0.352 e. The molecule has 6 nitrogen and oxygen atoms in total. The van der Waals surface area contributed by atoms with Crippen LogP contribution in [0.1, 0.15) is 36.0 Å². The fraction of sp³-hybridized carbons (Fsp3) is 0.529. The van der Waals surface area contributed by atoms with Crippen molar-refractivity contribution in [2.24, 2.45) is 5.92 Å². The van der Waals surface area contributed by atoms with Crippen molar-refractivity contribution < 1.29 is 9.59 Å². The number of nitrogens with one attached hydrogen (secondary N) is 4. The number of hydrogen-bond donors (Lipinski definition) is 4. The van der Waals surface area contributed by atoms with Gasteiger partial charge in [0.15, 0.2) is 0 Å². The molecule has 0 radical (unpaired) electrons. The van der Waals surface area contributed by atoms with Crippen LogP contribution in [0.2, 0.25) is 0 Å². The zero-order valence-electron chi connectivity index (χ0n) is 13.6. The number of halogens is 1. The Morgan fingerprint density at radius 2 is 2.04 bits per heavy atom. The third-order valence-corrected chi connectivity index (χ3v) is 4.25. The van der Waals surface area contributed by atoms with E-state index in [-0.39, 0.29) is 24.3 Å². The van der Waals surface area contributed by atoms with Gasteiger partial charge >= 0.3 is 6.03 Å². The summed E-state index contributed by atoms with van der Waals surface area (Å²) in [5.41, 5.74) is 1.20. The minimum absolute atomic E-state index is 0. The highest BCUT2D eigenvalue weighted by atomic mass is 35.5. The Hall–Kier alpha value is -1.79. The molecular formula is C17H25ClN4O2. The molecule has 1 aliphatic heterocycles. The normalized spacial score (nSPS) is 19.8. The maximum Gasteiger partial charge on any atom is 0.319 e. The molecule has 1 heterocycles. The summed E-state index contributed by atoms with van der Waals surface area (Å²) in [5, 5.41) is 12.0. The van der Waals surface area contributed by atoms with Gasteiger partial charge in [0.2, 0.25) is 0 Å². The third-order valence-electron chi connectivity index (χ3n) is 4.25. The number of carbonyl (C=O) groups excluding carboxylic acids is 2. The average Bonchev–Trinajstić information content (AvgIpc) is 3.37. The molecule has 0 bridgehead atoms. The first-order valence-corrected chi connectivity index (χ1v) is 8.37. The summed E-state index contributed by atoms with van der Waals surface area (Å²) >= 11 is 0. The molecule has 2 aliphatic rings. The molecule has 2 fully saturated rings. The van der Waals surface area contributed by atoms with Crippen molar-refractivity contribution in [2.45, 2.75) is 31.7 Å². The van der Waals surface area contributed by atoms with Crippen LogP contribution in [0.4, 0.5) is 10.5 Å². The smallest absolute Gasteiger partial charge is 0.319 e. The Balaban J connectivity index is 0.00000208. The van der Waals surface area contributed by atoms with Gasteiger partial charge < -0.3 is 21.3 Å². The van der Waals surface area contributed by atoms with Crippen molar-refractivity contribution in [3.05, 3.63) is 29.8 Å². The zero-order chi connectivity index (χ0) is 16.1. The second-order valence-corrected chi connectivity index (χ2v) is 6.38. The first-order chi connectivity index (χ1) is 11.2. The molecule has 1 unspecified atom stereocenters. The summed E-state index contributed by atoms with van der Waals surface area (Å²) in [6.07, 6.45) is 4.41. The molecule has 1 atom stereocenters. The van der Waals surface area contributed by atoms with Crippen molar-refractivity contribution in [2.75, 3.05) is 25.0 Å².